The van der Waals surface area contributed by atoms with Crippen molar-refractivity contribution in [1.29, 1.82) is 0 Å². The zero-order chi connectivity index (χ0) is 18.7. The molecule has 3 aromatic rings. The van der Waals surface area contributed by atoms with Crippen molar-refractivity contribution in [3.8, 4) is 11.7 Å². The van der Waals surface area contributed by atoms with Gasteiger partial charge in [-0.25, -0.2) is 19.0 Å². The molecule has 0 bridgehead atoms. The number of ether oxygens (including phenoxy) is 1. The first kappa shape index (κ1) is 17.5. The van der Waals surface area contributed by atoms with E-state index < -0.39 is 11.7 Å². The molecule has 1 N–H and O–H groups in total. The number of anilines is 1. The second kappa shape index (κ2) is 7.30. The number of carbonyl (C=O) groups is 1. The van der Waals surface area contributed by atoms with Crippen molar-refractivity contribution in [2.24, 2.45) is 0 Å². The Morgan fingerprint density at radius 1 is 1.19 bits per heavy atom. The lowest BCUT2D eigenvalue weighted by Crippen LogP contribution is -2.20. The summed E-state index contributed by atoms with van der Waals surface area (Å²) < 4.78 is 20.3. The largest absolute Gasteiger partial charge is 0.481 e. The second-order valence-corrected chi connectivity index (χ2v) is 5.75. The van der Waals surface area contributed by atoms with E-state index in [1.807, 2.05) is 20.8 Å². The summed E-state index contributed by atoms with van der Waals surface area (Å²) in [5, 5.41) is 6.99. The topological polar surface area (TPSA) is 81.9 Å². The van der Waals surface area contributed by atoms with Gasteiger partial charge in [-0.3, -0.25) is 4.79 Å². The molecule has 0 aliphatic carbocycles. The Labute approximate surface area is 149 Å². The molecule has 1 amide bonds. The van der Waals surface area contributed by atoms with Crippen LogP contribution in [0.2, 0.25) is 0 Å². The first-order chi connectivity index (χ1) is 12.5. The fourth-order valence-corrected chi connectivity index (χ4v) is 2.31. The Morgan fingerprint density at radius 2 is 1.88 bits per heavy atom. The van der Waals surface area contributed by atoms with Crippen LogP contribution in [0.4, 0.5) is 10.1 Å². The van der Waals surface area contributed by atoms with E-state index in [1.165, 1.54) is 24.5 Å². The van der Waals surface area contributed by atoms with Gasteiger partial charge >= 0.3 is 0 Å². The van der Waals surface area contributed by atoms with Gasteiger partial charge in [0.2, 0.25) is 0 Å². The van der Waals surface area contributed by atoms with E-state index in [9.17, 15) is 9.18 Å². The van der Waals surface area contributed by atoms with Crippen LogP contribution >= 0.6 is 0 Å². The van der Waals surface area contributed by atoms with Crippen molar-refractivity contribution < 1.29 is 13.9 Å². The molecule has 7 nitrogen and oxygen atoms in total. The first-order valence-electron chi connectivity index (χ1n) is 7.98. The van der Waals surface area contributed by atoms with E-state index in [0.29, 0.717) is 11.6 Å². The predicted molar refractivity (Wildman–Crippen MR) is 93.9 cm³/mol. The van der Waals surface area contributed by atoms with Crippen LogP contribution in [0.1, 0.15) is 17.0 Å². The van der Waals surface area contributed by atoms with Crippen LogP contribution in [-0.2, 0) is 4.79 Å². The number of nitrogens with one attached hydrogen (secondary N) is 1. The maximum atomic E-state index is 13.5. The van der Waals surface area contributed by atoms with Crippen molar-refractivity contribution in [1.82, 2.24) is 19.7 Å². The molecule has 0 aliphatic rings. The summed E-state index contributed by atoms with van der Waals surface area (Å²) in [5.74, 6) is -0.520. The number of hydrogen-bond acceptors (Lipinski definition) is 5. The predicted octanol–water partition coefficient (Wildman–Crippen LogP) is 2.74. The van der Waals surface area contributed by atoms with E-state index >= 15 is 0 Å². The second-order valence-electron chi connectivity index (χ2n) is 5.75. The van der Waals surface area contributed by atoms with Gasteiger partial charge in [0, 0.05) is 5.69 Å². The molecular formula is C18H18FN5O2. The van der Waals surface area contributed by atoms with Crippen molar-refractivity contribution in [2.45, 2.75) is 20.8 Å². The average Bonchev–Trinajstić information content (AvgIpc) is 2.89. The summed E-state index contributed by atoms with van der Waals surface area (Å²) in [6.07, 6.45) is 2.96. The van der Waals surface area contributed by atoms with Gasteiger partial charge in [-0.15, -0.1) is 0 Å². The summed E-state index contributed by atoms with van der Waals surface area (Å²) in [6.45, 7) is 5.52. The SMILES string of the molecule is Cc1nn(-c2ncc(NC(=O)COc3ccccc3F)cn2)c(C)c1C. The molecule has 26 heavy (non-hydrogen) atoms. The third-order valence-corrected chi connectivity index (χ3v) is 3.96. The quantitative estimate of drug-likeness (QED) is 0.761. The molecule has 0 spiro atoms. The number of amides is 1. The molecule has 134 valence electrons. The Morgan fingerprint density at radius 3 is 2.50 bits per heavy atom. The van der Waals surface area contributed by atoms with E-state index in [-0.39, 0.29) is 12.4 Å². The molecule has 0 unspecified atom stereocenters. The van der Waals surface area contributed by atoms with Gasteiger partial charge in [-0.05, 0) is 38.5 Å². The zero-order valence-electron chi connectivity index (χ0n) is 14.7. The van der Waals surface area contributed by atoms with E-state index in [2.05, 4.69) is 20.4 Å². The van der Waals surface area contributed by atoms with Gasteiger partial charge in [-0.1, -0.05) is 12.1 Å². The molecular weight excluding hydrogens is 337 g/mol. The fraction of sp³-hybridized carbons (Fsp3) is 0.222. The van der Waals surface area contributed by atoms with Crippen LogP contribution < -0.4 is 10.1 Å². The van der Waals surface area contributed by atoms with Gasteiger partial charge < -0.3 is 10.1 Å². The van der Waals surface area contributed by atoms with Gasteiger partial charge in [0.15, 0.2) is 18.2 Å². The highest BCUT2D eigenvalue weighted by Gasteiger charge is 2.12. The molecule has 1 aromatic carbocycles. The lowest BCUT2D eigenvalue weighted by Gasteiger charge is -2.08. The van der Waals surface area contributed by atoms with E-state index in [4.69, 9.17) is 4.74 Å². The first-order valence-corrected chi connectivity index (χ1v) is 7.98. The minimum atomic E-state index is -0.520. The Balaban J connectivity index is 1.63. The molecule has 0 saturated carbocycles. The molecule has 0 atom stereocenters. The minimum absolute atomic E-state index is 0.0224. The lowest BCUT2D eigenvalue weighted by atomic mass is 10.2. The third kappa shape index (κ3) is 3.69. The van der Waals surface area contributed by atoms with Crippen molar-refractivity contribution in [2.75, 3.05) is 11.9 Å². The number of nitrogens with zero attached hydrogens (tertiary/aromatic N) is 4. The average molecular weight is 355 g/mol. The number of hydrogen-bond donors (Lipinski definition) is 1. The number of aromatic nitrogens is 4. The van der Waals surface area contributed by atoms with Crippen LogP contribution in [0.3, 0.4) is 0 Å². The minimum Gasteiger partial charge on any atom is -0.481 e. The van der Waals surface area contributed by atoms with Gasteiger partial charge in [0.25, 0.3) is 11.9 Å². The fourth-order valence-electron chi connectivity index (χ4n) is 2.31. The summed E-state index contributed by atoms with van der Waals surface area (Å²) in [4.78, 5) is 20.4. The Hall–Kier alpha value is -3.29. The molecule has 3 rings (SSSR count). The molecule has 0 fully saturated rings. The highest BCUT2D eigenvalue weighted by Crippen LogP contribution is 2.16. The van der Waals surface area contributed by atoms with Crippen LogP contribution in [-0.4, -0.2) is 32.3 Å². The highest BCUT2D eigenvalue weighted by atomic mass is 19.1. The van der Waals surface area contributed by atoms with E-state index in [0.717, 1.165) is 17.0 Å². The van der Waals surface area contributed by atoms with Crippen LogP contribution in [0.5, 0.6) is 5.75 Å². The molecule has 0 radical (unpaired) electrons. The maximum absolute atomic E-state index is 13.5. The van der Waals surface area contributed by atoms with Crippen LogP contribution in [0.25, 0.3) is 5.95 Å². The van der Waals surface area contributed by atoms with Gasteiger partial charge in [-0.2, -0.15) is 5.10 Å². The standard InChI is InChI=1S/C18H18FN5O2/c1-11-12(2)23-24(13(11)3)18-20-8-14(9-21-18)22-17(25)10-26-16-7-5-4-6-15(16)19/h4-9H,10H2,1-3H3,(H,22,25). The molecule has 2 heterocycles. The summed E-state index contributed by atoms with van der Waals surface area (Å²) >= 11 is 0. The number of carbonyl (C=O) groups excluding carboxylic acids is 1. The Bertz CT molecular complexity index is 937. The summed E-state index contributed by atoms with van der Waals surface area (Å²) in [7, 11) is 0. The molecule has 2 aromatic heterocycles. The van der Waals surface area contributed by atoms with E-state index in [1.54, 1.807) is 16.8 Å². The Kier molecular flexibility index (Phi) is 4.92. The molecule has 0 aliphatic heterocycles. The van der Waals surface area contributed by atoms with Gasteiger partial charge in [0.05, 0.1) is 23.8 Å². The van der Waals surface area contributed by atoms with Crippen LogP contribution in [0, 0.1) is 26.6 Å². The van der Waals surface area contributed by atoms with Crippen molar-refractivity contribution in [3.05, 3.63) is 59.4 Å². The van der Waals surface area contributed by atoms with Crippen LogP contribution in [0.15, 0.2) is 36.7 Å². The lowest BCUT2D eigenvalue weighted by molar-refractivity contribution is -0.118. The third-order valence-electron chi connectivity index (χ3n) is 3.96. The number of halogens is 1. The monoisotopic (exact) mass is 355 g/mol. The number of rotatable bonds is 5. The maximum Gasteiger partial charge on any atom is 0.262 e. The summed E-state index contributed by atoms with van der Waals surface area (Å²) in [6, 6.07) is 5.90. The number of para-hydroxylation sites is 1. The highest BCUT2D eigenvalue weighted by molar-refractivity contribution is 5.91. The van der Waals surface area contributed by atoms with Crippen molar-refractivity contribution in [3.63, 3.8) is 0 Å². The van der Waals surface area contributed by atoms with Crippen molar-refractivity contribution >= 4 is 11.6 Å². The number of benzene rings is 1. The molecule has 0 saturated heterocycles. The molecule has 8 heteroatoms. The smallest absolute Gasteiger partial charge is 0.262 e. The zero-order valence-corrected chi connectivity index (χ0v) is 14.7. The van der Waals surface area contributed by atoms with Gasteiger partial charge in [0.1, 0.15) is 0 Å². The number of aryl methyl sites for hydroxylation is 1. The summed E-state index contributed by atoms with van der Waals surface area (Å²) in [5.41, 5.74) is 3.36. The normalized spacial score (nSPS) is 10.6.